The van der Waals surface area contributed by atoms with Crippen LogP contribution in [0.3, 0.4) is 0 Å². The van der Waals surface area contributed by atoms with Gasteiger partial charge in [-0.15, -0.1) is 11.3 Å². The van der Waals surface area contributed by atoms with Crippen LogP contribution in [-0.2, 0) is 29.0 Å². The van der Waals surface area contributed by atoms with Gasteiger partial charge in [-0.25, -0.2) is 9.97 Å². The molecule has 6 heterocycles. The van der Waals surface area contributed by atoms with Crippen molar-refractivity contribution in [2.75, 3.05) is 44.7 Å². The number of rotatable bonds is 7. The van der Waals surface area contributed by atoms with Crippen LogP contribution >= 0.6 is 11.3 Å². The van der Waals surface area contributed by atoms with Crippen LogP contribution in [0.25, 0.3) is 21.1 Å². The van der Waals surface area contributed by atoms with Gasteiger partial charge in [-0.2, -0.15) is 0 Å². The minimum atomic E-state index is 0.0640. The Morgan fingerprint density at radius 3 is 2.88 bits per heavy atom. The molecule has 0 unspecified atom stereocenters. The third-order valence-corrected chi connectivity index (χ3v) is 8.89. The maximum atomic E-state index is 12.9. The van der Waals surface area contributed by atoms with Crippen molar-refractivity contribution in [1.29, 1.82) is 0 Å². The van der Waals surface area contributed by atoms with Crippen LogP contribution in [0.2, 0.25) is 0 Å². The molecule has 0 atom stereocenters. The molecule has 10 heteroatoms. The zero-order valence-corrected chi connectivity index (χ0v) is 23.5. The summed E-state index contributed by atoms with van der Waals surface area (Å²) in [5.41, 5.74) is 4.41. The average molecular weight is 566 g/mol. The molecule has 1 amide bonds. The molecule has 0 aliphatic carbocycles. The number of aromatic nitrogens is 4. The summed E-state index contributed by atoms with van der Waals surface area (Å²) in [4.78, 5) is 33.0. The van der Waals surface area contributed by atoms with Crippen molar-refractivity contribution < 1.29 is 9.53 Å². The van der Waals surface area contributed by atoms with Gasteiger partial charge < -0.3 is 19.5 Å². The lowest BCUT2D eigenvalue weighted by molar-refractivity contribution is -0.126. The zero-order chi connectivity index (χ0) is 27.6. The van der Waals surface area contributed by atoms with Gasteiger partial charge in [0.15, 0.2) is 0 Å². The number of carbonyl (C=O) groups is 1. The van der Waals surface area contributed by atoms with Gasteiger partial charge in [0.2, 0.25) is 5.91 Å². The first kappa shape index (κ1) is 25.8. The normalized spacial score (nSPS) is 16.0. The first-order valence-corrected chi connectivity index (χ1v) is 14.8. The van der Waals surface area contributed by atoms with Gasteiger partial charge in [-0.3, -0.25) is 14.7 Å². The number of carbonyl (C=O) groups excluding carboxylic acids is 1. The smallest absolute Gasteiger partial charge is 0.246 e. The largest absolute Gasteiger partial charge is 0.379 e. The molecule has 4 aromatic heterocycles. The summed E-state index contributed by atoms with van der Waals surface area (Å²) in [6.07, 6.45) is 10.0. The van der Waals surface area contributed by atoms with E-state index >= 15 is 0 Å². The Labute approximate surface area is 242 Å². The van der Waals surface area contributed by atoms with E-state index in [1.54, 1.807) is 23.7 Å². The predicted molar refractivity (Wildman–Crippen MR) is 161 cm³/mol. The SMILES string of the molecule is O=C(/C=C/CN1CCOCC1)N1CCc2c(sc3ncnc(Nc4ccc5c(ccn5Cc5ccccn5)c4)c23)C1. The maximum Gasteiger partial charge on any atom is 0.246 e. The second kappa shape index (κ2) is 11.4. The summed E-state index contributed by atoms with van der Waals surface area (Å²) in [6.45, 7) is 6.15. The predicted octanol–water partition coefficient (Wildman–Crippen LogP) is 4.61. The molecular weight excluding hydrogens is 534 g/mol. The Morgan fingerprint density at radius 2 is 2.00 bits per heavy atom. The highest BCUT2D eigenvalue weighted by atomic mass is 32.1. The van der Waals surface area contributed by atoms with Gasteiger partial charge >= 0.3 is 0 Å². The van der Waals surface area contributed by atoms with Crippen LogP contribution in [0.15, 0.2) is 73.3 Å². The summed E-state index contributed by atoms with van der Waals surface area (Å²) in [6, 6.07) is 14.5. The fourth-order valence-electron chi connectivity index (χ4n) is 5.62. The van der Waals surface area contributed by atoms with Crippen LogP contribution < -0.4 is 5.32 Å². The van der Waals surface area contributed by atoms with Crippen molar-refractivity contribution in [2.24, 2.45) is 0 Å². The maximum absolute atomic E-state index is 12.9. The van der Waals surface area contributed by atoms with E-state index < -0.39 is 0 Å². The number of nitrogens with zero attached hydrogens (tertiary/aromatic N) is 6. The number of morpholine rings is 1. The number of benzene rings is 1. The van der Waals surface area contributed by atoms with Crippen LogP contribution in [-0.4, -0.2) is 74.6 Å². The van der Waals surface area contributed by atoms with Crippen LogP contribution in [0, 0.1) is 0 Å². The monoisotopic (exact) mass is 565 g/mol. The van der Waals surface area contributed by atoms with Crippen molar-refractivity contribution in [1.82, 2.24) is 29.3 Å². The number of amides is 1. The first-order valence-electron chi connectivity index (χ1n) is 14.0. The Hall–Kier alpha value is -4.12. The van der Waals surface area contributed by atoms with Crippen molar-refractivity contribution in [3.8, 4) is 0 Å². The minimum absolute atomic E-state index is 0.0640. The fraction of sp³-hybridized carbons (Fsp3) is 0.290. The molecule has 0 saturated carbocycles. The number of ether oxygens (including phenoxy) is 1. The molecule has 0 radical (unpaired) electrons. The highest BCUT2D eigenvalue weighted by Gasteiger charge is 2.25. The zero-order valence-electron chi connectivity index (χ0n) is 22.7. The number of thiophene rings is 1. The number of fused-ring (bicyclic) bond motifs is 4. The molecule has 1 saturated heterocycles. The number of hydrogen-bond donors (Lipinski definition) is 1. The van der Waals surface area contributed by atoms with Crippen LogP contribution in [0.1, 0.15) is 16.1 Å². The van der Waals surface area contributed by atoms with Gasteiger partial charge in [0.25, 0.3) is 0 Å². The number of anilines is 2. The van der Waals surface area contributed by atoms with Gasteiger partial charge in [0.1, 0.15) is 17.0 Å². The van der Waals surface area contributed by atoms with E-state index in [4.69, 9.17) is 4.74 Å². The molecular formula is C31H31N7O2S. The first-order chi connectivity index (χ1) is 20.2. The highest BCUT2D eigenvalue weighted by Crippen LogP contribution is 2.38. The standard InChI is InChI=1S/C31H31N7O2S/c39-28(5-3-11-36-14-16-40-17-15-36)38-13-9-25-27(20-38)41-31-29(25)30(33-21-34-31)35-23-6-7-26-22(18-23)8-12-37(26)19-24-4-1-2-10-32-24/h1-8,10,12,18,21H,9,11,13-17,19-20H2,(H,33,34,35)/b5-3+. The molecule has 1 N–H and O–H groups in total. The lowest BCUT2D eigenvalue weighted by atomic mass is 10.0. The summed E-state index contributed by atoms with van der Waals surface area (Å²) >= 11 is 1.66. The highest BCUT2D eigenvalue weighted by molar-refractivity contribution is 7.19. The second-order valence-electron chi connectivity index (χ2n) is 10.4. The van der Waals surface area contributed by atoms with Gasteiger partial charge in [0.05, 0.1) is 37.4 Å². The Balaban J connectivity index is 1.07. The molecule has 2 aliphatic heterocycles. The molecule has 7 rings (SSSR count). The number of nitrogens with one attached hydrogen (secondary N) is 1. The fourth-order valence-corrected chi connectivity index (χ4v) is 6.82. The van der Waals surface area contributed by atoms with Gasteiger partial charge in [0, 0.05) is 66.1 Å². The average Bonchev–Trinajstić information content (AvgIpc) is 3.59. The van der Waals surface area contributed by atoms with E-state index in [0.717, 1.165) is 84.1 Å². The summed E-state index contributed by atoms with van der Waals surface area (Å²) in [7, 11) is 0. The second-order valence-corrected chi connectivity index (χ2v) is 11.5. The lowest BCUT2D eigenvalue weighted by Crippen LogP contribution is -2.37. The van der Waals surface area contributed by atoms with Crippen LogP contribution in [0.4, 0.5) is 11.5 Å². The van der Waals surface area contributed by atoms with E-state index in [-0.39, 0.29) is 5.91 Å². The molecule has 41 heavy (non-hydrogen) atoms. The molecule has 5 aromatic rings. The summed E-state index contributed by atoms with van der Waals surface area (Å²) in [5, 5.41) is 5.77. The van der Waals surface area contributed by atoms with E-state index in [0.29, 0.717) is 13.1 Å². The summed E-state index contributed by atoms with van der Waals surface area (Å²) in [5.74, 6) is 0.874. The Kier molecular flexibility index (Phi) is 7.18. The molecule has 0 bridgehead atoms. The van der Waals surface area contributed by atoms with Crippen molar-refractivity contribution in [3.63, 3.8) is 0 Å². The van der Waals surface area contributed by atoms with Crippen molar-refractivity contribution >= 4 is 49.9 Å². The van der Waals surface area contributed by atoms with E-state index in [1.807, 2.05) is 35.4 Å². The molecule has 1 fully saturated rings. The van der Waals surface area contributed by atoms with Crippen molar-refractivity contribution in [3.05, 3.63) is 89.5 Å². The minimum Gasteiger partial charge on any atom is -0.379 e. The molecule has 0 spiro atoms. The quantitative estimate of drug-likeness (QED) is 0.289. The Bertz CT molecular complexity index is 1720. The van der Waals surface area contributed by atoms with E-state index in [2.05, 4.69) is 60.2 Å². The van der Waals surface area contributed by atoms with E-state index in [1.165, 1.54) is 10.4 Å². The number of hydrogen-bond acceptors (Lipinski definition) is 8. The van der Waals surface area contributed by atoms with E-state index in [9.17, 15) is 4.79 Å². The Morgan fingerprint density at radius 1 is 1.07 bits per heavy atom. The van der Waals surface area contributed by atoms with Gasteiger partial charge in [-0.1, -0.05) is 12.1 Å². The topological polar surface area (TPSA) is 88.4 Å². The van der Waals surface area contributed by atoms with Crippen LogP contribution in [0.5, 0.6) is 0 Å². The molecule has 1 aromatic carbocycles. The third-order valence-electron chi connectivity index (χ3n) is 7.77. The molecule has 2 aliphatic rings. The lowest BCUT2D eigenvalue weighted by Gasteiger charge is -2.27. The number of pyridine rings is 1. The van der Waals surface area contributed by atoms with Crippen molar-refractivity contribution in [2.45, 2.75) is 19.5 Å². The molecule has 9 nitrogen and oxygen atoms in total. The van der Waals surface area contributed by atoms with Gasteiger partial charge in [-0.05, 0) is 48.4 Å². The molecule has 208 valence electrons. The summed E-state index contributed by atoms with van der Waals surface area (Å²) < 4.78 is 7.61. The third kappa shape index (κ3) is 5.46.